The van der Waals surface area contributed by atoms with Gasteiger partial charge in [-0.1, -0.05) is 0 Å². The van der Waals surface area contributed by atoms with Crippen molar-refractivity contribution < 1.29 is 9.90 Å². The van der Waals surface area contributed by atoms with Crippen molar-refractivity contribution in [2.45, 2.75) is 58.0 Å². The van der Waals surface area contributed by atoms with E-state index in [0.29, 0.717) is 12.0 Å². The molecule has 2 N–H and O–H groups in total. The zero-order chi connectivity index (χ0) is 14.0. The fourth-order valence-corrected chi connectivity index (χ4v) is 3.05. The average molecular weight is 268 g/mol. The van der Waals surface area contributed by atoms with Crippen LogP contribution in [0.1, 0.15) is 46.5 Å². The van der Waals surface area contributed by atoms with Crippen LogP contribution in [0.15, 0.2) is 0 Å². The minimum atomic E-state index is -0.397. The van der Waals surface area contributed by atoms with Gasteiger partial charge < -0.3 is 15.3 Å². The van der Waals surface area contributed by atoms with E-state index in [1.165, 1.54) is 0 Å². The first-order valence-corrected chi connectivity index (χ1v) is 7.63. The van der Waals surface area contributed by atoms with Crippen molar-refractivity contribution in [1.82, 2.24) is 10.2 Å². The molecule has 1 heterocycles. The number of aliphatic hydroxyl groups is 1. The van der Waals surface area contributed by atoms with Crippen LogP contribution in [0.4, 0.5) is 0 Å². The predicted octanol–water partition coefficient (Wildman–Crippen LogP) is 1.38. The van der Waals surface area contributed by atoms with Crippen LogP contribution in [0, 0.1) is 11.8 Å². The molecule has 0 aromatic rings. The quantitative estimate of drug-likeness (QED) is 0.792. The lowest BCUT2D eigenvalue weighted by Gasteiger charge is -2.36. The maximum Gasteiger partial charge on any atom is 0.223 e. The number of carbonyl (C=O) groups is 1. The lowest BCUT2D eigenvalue weighted by atomic mass is 9.91. The summed E-state index contributed by atoms with van der Waals surface area (Å²) in [5.74, 6) is 0.740. The number of aliphatic hydroxyl groups excluding tert-OH is 1. The molecule has 0 spiro atoms. The van der Waals surface area contributed by atoms with Crippen LogP contribution in [-0.4, -0.2) is 47.2 Å². The molecule has 0 aromatic heterocycles. The first kappa shape index (κ1) is 14.8. The Kier molecular flexibility index (Phi) is 4.51. The van der Waals surface area contributed by atoms with Crippen molar-refractivity contribution in [2.24, 2.45) is 11.8 Å². The maximum atomic E-state index is 12.3. The normalized spacial score (nSPS) is 25.3. The molecule has 2 rings (SSSR count). The Labute approximate surface area is 116 Å². The summed E-state index contributed by atoms with van der Waals surface area (Å²) in [5.41, 5.74) is -0.397. The van der Waals surface area contributed by atoms with Crippen LogP contribution >= 0.6 is 0 Å². The first-order valence-electron chi connectivity index (χ1n) is 7.63. The van der Waals surface area contributed by atoms with Gasteiger partial charge in [0, 0.05) is 12.0 Å². The summed E-state index contributed by atoms with van der Waals surface area (Å²) in [6.07, 6.45) is 4.14. The summed E-state index contributed by atoms with van der Waals surface area (Å²) >= 11 is 0. The predicted molar refractivity (Wildman–Crippen MR) is 75.8 cm³/mol. The molecule has 0 radical (unpaired) electrons. The third kappa shape index (κ3) is 3.48. The minimum Gasteiger partial charge on any atom is -0.394 e. The second-order valence-corrected chi connectivity index (χ2v) is 6.74. The number of rotatable bonds is 5. The minimum absolute atomic E-state index is 0.0498. The molecule has 19 heavy (non-hydrogen) atoms. The van der Waals surface area contributed by atoms with Gasteiger partial charge in [-0.05, 0) is 65.5 Å². The highest BCUT2D eigenvalue weighted by atomic mass is 16.3. The van der Waals surface area contributed by atoms with Gasteiger partial charge in [0.1, 0.15) is 0 Å². The highest BCUT2D eigenvalue weighted by Crippen LogP contribution is 2.39. The molecule has 1 aliphatic heterocycles. The van der Waals surface area contributed by atoms with E-state index >= 15 is 0 Å². The highest BCUT2D eigenvalue weighted by Gasteiger charge is 2.43. The number of likely N-dealkylation sites (tertiary alicyclic amines) is 1. The number of carbonyl (C=O) groups excluding carboxylic acids is 1. The third-order valence-electron chi connectivity index (χ3n) is 4.85. The van der Waals surface area contributed by atoms with Gasteiger partial charge in [0.15, 0.2) is 0 Å². The number of amides is 1. The summed E-state index contributed by atoms with van der Waals surface area (Å²) in [6.45, 7) is 8.46. The molecular formula is C15H28N2O2. The van der Waals surface area contributed by atoms with E-state index in [2.05, 4.69) is 24.1 Å². The summed E-state index contributed by atoms with van der Waals surface area (Å²) in [4.78, 5) is 14.8. The number of piperidine rings is 1. The summed E-state index contributed by atoms with van der Waals surface area (Å²) in [6, 6.07) is 0.568. The standard InChI is InChI=1S/C15H28N2O2/c1-11(2)17-8-6-12(7-9-17)14(19)16-15(3,10-18)13-4-5-13/h11-13,18H,4-10H2,1-3H3,(H,16,19). The van der Waals surface area contributed by atoms with E-state index in [0.717, 1.165) is 38.8 Å². The molecule has 1 amide bonds. The third-order valence-corrected chi connectivity index (χ3v) is 4.85. The Bertz CT molecular complexity index is 320. The number of nitrogens with one attached hydrogen (secondary N) is 1. The van der Waals surface area contributed by atoms with E-state index in [9.17, 15) is 9.90 Å². The smallest absolute Gasteiger partial charge is 0.223 e. The maximum absolute atomic E-state index is 12.3. The molecule has 4 heteroatoms. The number of nitrogens with zero attached hydrogens (tertiary/aromatic N) is 1. The monoisotopic (exact) mass is 268 g/mol. The van der Waals surface area contributed by atoms with Gasteiger partial charge in [-0.25, -0.2) is 0 Å². The molecule has 0 bridgehead atoms. The molecule has 1 atom stereocenters. The second-order valence-electron chi connectivity index (χ2n) is 6.74. The summed E-state index contributed by atoms with van der Waals surface area (Å²) in [7, 11) is 0. The van der Waals surface area contributed by atoms with E-state index < -0.39 is 5.54 Å². The lowest BCUT2D eigenvalue weighted by Crippen LogP contribution is -2.54. The average Bonchev–Trinajstić information content (AvgIpc) is 3.23. The SMILES string of the molecule is CC(C)N1CCC(C(=O)NC(C)(CO)C2CC2)CC1. The van der Waals surface area contributed by atoms with Crippen LogP contribution in [-0.2, 0) is 4.79 Å². The number of hydrogen-bond acceptors (Lipinski definition) is 3. The number of hydrogen-bond donors (Lipinski definition) is 2. The molecule has 1 unspecified atom stereocenters. The van der Waals surface area contributed by atoms with Crippen molar-refractivity contribution in [3.63, 3.8) is 0 Å². The molecular weight excluding hydrogens is 240 g/mol. The summed E-state index contributed by atoms with van der Waals surface area (Å²) < 4.78 is 0. The summed E-state index contributed by atoms with van der Waals surface area (Å²) in [5, 5.41) is 12.6. The Morgan fingerprint density at radius 3 is 2.32 bits per heavy atom. The van der Waals surface area contributed by atoms with Crippen molar-refractivity contribution in [3.05, 3.63) is 0 Å². The van der Waals surface area contributed by atoms with Crippen molar-refractivity contribution in [1.29, 1.82) is 0 Å². The highest BCUT2D eigenvalue weighted by molar-refractivity contribution is 5.79. The van der Waals surface area contributed by atoms with E-state index in [1.54, 1.807) is 0 Å². The molecule has 1 saturated carbocycles. The van der Waals surface area contributed by atoms with Crippen molar-refractivity contribution in [3.8, 4) is 0 Å². The van der Waals surface area contributed by atoms with Crippen LogP contribution in [0.5, 0.6) is 0 Å². The molecule has 1 saturated heterocycles. The zero-order valence-electron chi connectivity index (χ0n) is 12.5. The van der Waals surface area contributed by atoms with Gasteiger partial charge in [0.2, 0.25) is 5.91 Å². The topological polar surface area (TPSA) is 52.6 Å². The van der Waals surface area contributed by atoms with Crippen LogP contribution in [0.25, 0.3) is 0 Å². The van der Waals surface area contributed by atoms with E-state index in [1.807, 2.05) is 6.92 Å². The molecule has 2 fully saturated rings. The Morgan fingerprint density at radius 1 is 1.32 bits per heavy atom. The largest absolute Gasteiger partial charge is 0.394 e. The first-order chi connectivity index (χ1) is 8.96. The van der Waals surface area contributed by atoms with Crippen molar-refractivity contribution in [2.75, 3.05) is 19.7 Å². The fraction of sp³-hybridized carbons (Fsp3) is 0.933. The Morgan fingerprint density at radius 2 is 1.89 bits per heavy atom. The van der Waals surface area contributed by atoms with Gasteiger partial charge in [-0.15, -0.1) is 0 Å². The van der Waals surface area contributed by atoms with Crippen molar-refractivity contribution >= 4 is 5.91 Å². The second kappa shape index (κ2) is 5.80. The zero-order valence-corrected chi connectivity index (χ0v) is 12.5. The molecule has 2 aliphatic rings. The Balaban J connectivity index is 1.84. The van der Waals surface area contributed by atoms with E-state index in [-0.39, 0.29) is 18.4 Å². The van der Waals surface area contributed by atoms with Crippen LogP contribution in [0.3, 0.4) is 0 Å². The van der Waals surface area contributed by atoms with Gasteiger partial charge in [-0.3, -0.25) is 4.79 Å². The fourth-order valence-electron chi connectivity index (χ4n) is 3.05. The van der Waals surface area contributed by atoms with Gasteiger partial charge in [0.05, 0.1) is 12.1 Å². The van der Waals surface area contributed by atoms with Crippen LogP contribution in [0.2, 0.25) is 0 Å². The van der Waals surface area contributed by atoms with Crippen LogP contribution < -0.4 is 5.32 Å². The van der Waals surface area contributed by atoms with Gasteiger partial charge in [0.25, 0.3) is 0 Å². The Hall–Kier alpha value is -0.610. The molecule has 4 nitrogen and oxygen atoms in total. The molecule has 1 aliphatic carbocycles. The molecule has 0 aromatic carbocycles. The van der Waals surface area contributed by atoms with Gasteiger partial charge in [-0.2, -0.15) is 0 Å². The lowest BCUT2D eigenvalue weighted by molar-refractivity contribution is -0.129. The van der Waals surface area contributed by atoms with Gasteiger partial charge >= 0.3 is 0 Å². The molecule has 110 valence electrons. The van der Waals surface area contributed by atoms with E-state index in [4.69, 9.17) is 0 Å².